The Morgan fingerprint density at radius 1 is 1.20 bits per heavy atom. The minimum atomic E-state index is -0.115. The van der Waals surface area contributed by atoms with Crippen LogP contribution in [0, 0.1) is 0 Å². The summed E-state index contributed by atoms with van der Waals surface area (Å²) in [4.78, 5) is 28.8. The molecule has 3 aromatic rings. The van der Waals surface area contributed by atoms with E-state index in [1.807, 2.05) is 53.4 Å². The molecule has 5 nitrogen and oxygen atoms in total. The Hall–Kier alpha value is -2.73. The van der Waals surface area contributed by atoms with Crippen LogP contribution in [0.1, 0.15) is 41.0 Å². The third-order valence-electron chi connectivity index (χ3n) is 3.95. The highest BCUT2D eigenvalue weighted by Crippen LogP contribution is 2.16. The first kappa shape index (κ1) is 17.1. The van der Waals surface area contributed by atoms with E-state index in [9.17, 15) is 9.59 Å². The number of hydrogen-bond acceptors (Lipinski definition) is 4. The Kier molecular flexibility index (Phi) is 5.40. The largest absolute Gasteiger partial charge is 0.350 e. The van der Waals surface area contributed by atoms with Gasteiger partial charge in [-0.15, -0.1) is 11.3 Å². The summed E-state index contributed by atoms with van der Waals surface area (Å²) in [5.41, 5.74) is 2.03. The first-order valence-electron chi connectivity index (χ1n) is 8.08. The summed E-state index contributed by atoms with van der Waals surface area (Å²) < 4.78 is 1.92. The molecule has 0 saturated carbocycles. The molecule has 0 bridgehead atoms. The summed E-state index contributed by atoms with van der Waals surface area (Å²) in [7, 11) is 0. The number of nitrogens with zero attached hydrogens (tertiary/aromatic N) is 2. The van der Waals surface area contributed by atoms with Gasteiger partial charge in [-0.25, -0.2) is 4.98 Å². The average molecular weight is 353 g/mol. The van der Waals surface area contributed by atoms with Crippen LogP contribution in [-0.2, 0) is 4.79 Å². The number of carbonyl (C=O) groups excluding carboxylic acids is 2. The van der Waals surface area contributed by atoms with Crippen LogP contribution in [0.25, 0.3) is 5.69 Å². The lowest BCUT2D eigenvalue weighted by Gasteiger charge is -2.15. The highest BCUT2D eigenvalue weighted by atomic mass is 32.1. The van der Waals surface area contributed by atoms with Gasteiger partial charge in [0.15, 0.2) is 5.78 Å². The van der Waals surface area contributed by atoms with Crippen molar-refractivity contribution in [3.63, 3.8) is 0 Å². The molecule has 1 N–H and O–H groups in total. The molecule has 0 fully saturated rings. The number of rotatable bonds is 7. The van der Waals surface area contributed by atoms with E-state index in [0.717, 1.165) is 11.3 Å². The number of amides is 1. The second-order valence-corrected chi connectivity index (χ2v) is 6.70. The standard InChI is InChI=1S/C19H19N3O2S/c1-14(15-4-6-16(7-5-15)22-11-10-20-13-22)21-19(24)9-8-17(23)18-3-2-12-25-18/h2-7,10-14H,8-9H2,1H3,(H,21,24). The maximum atomic E-state index is 12.1. The zero-order valence-corrected chi connectivity index (χ0v) is 14.7. The van der Waals surface area contributed by atoms with E-state index in [0.29, 0.717) is 4.88 Å². The Labute approximate surface area is 150 Å². The second-order valence-electron chi connectivity index (χ2n) is 5.75. The molecule has 6 heteroatoms. The summed E-state index contributed by atoms with van der Waals surface area (Å²) in [6.07, 6.45) is 5.79. The van der Waals surface area contributed by atoms with Gasteiger partial charge < -0.3 is 9.88 Å². The van der Waals surface area contributed by atoms with E-state index in [4.69, 9.17) is 0 Å². The summed E-state index contributed by atoms with van der Waals surface area (Å²) in [6.45, 7) is 1.94. The first-order chi connectivity index (χ1) is 12.1. The van der Waals surface area contributed by atoms with Gasteiger partial charge in [-0.2, -0.15) is 0 Å². The number of thiophene rings is 1. The van der Waals surface area contributed by atoms with Crippen molar-refractivity contribution in [3.8, 4) is 5.69 Å². The normalized spacial score (nSPS) is 11.9. The van der Waals surface area contributed by atoms with E-state index in [1.54, 1.807) is 18.6 Å². The number of Topliss-reactive ketones (excluding diaryl/α,β-unsaturated/α-hetero) is 1. The molecule has 1 aromatic carbocycles. The summed E-state index contributed by atoms with van der Waals surface area (Å²) >= 11 is 1.41. The summed E-state index contributed by atoms with van der Waals surface area (Å²) in [5, 5.41) is 4.81. The van der Waals surface area contributed by atoms with Gasteiger partial charge in [-0.3, -0.25) is 9.59 Å². The molecule has 0 spiro atoms. The number of ketones is 1. The number of hydrogen-bond donors (Lipinski definition) is 1. The van der Waals surface area contributed by atoms with Gasteiger partial charge in [0.2, 0.25) is 5.91 Å². The number of benzene rings is 1. The van der Waals surface area contributed by atoms with E-state index in [2.05, 4.69) is 10.3 Å². The molecule has 0 saturated heterocycles. The van der Waals surface area contributed by atoms with E-state index in [-0.39, 0.29) is 30.6 Å². The Morgan fingerprint density at radius 2 is 2.00 bits per heavy atom. The molecule has 128 valence electrons. The van der Waals surface area contributed by atoms with E-state index < -0.39 is 0 Å². The molecular weight excluding hydrogens is 334 g/mol. The van der Waals surface area contributed by atoms with Gasteiger partial charge in [-0.05, 0) is 36.1 Å². The van der Waals surface area contributed by atoms with E-state index in [1.165, 1.54) is 11.3 Å². The molecule has 1 unspecified atom stereocenters. The van der Waals surface area contributed by atoms with Crippen LogP contribution in [0.4, 0.5) is 0 Å². The van der Waals surface area contributed by atoms with Gasteiger partial charge in [0.25, 0.3) is 0 Å². The first-order valence-corrected chi connectivity index (χ1v) is 8.96. The average Bonchev–Trinajstić information content (AvgIpc) is 3.33. The summed E-state index contributed by atoms with van der Waals surface area (Å²) in [6, 6.07) is 11.5. The van der Waals surface area contributed by atoms with Crippen molar-refractivity contribution in [1.82, 2.24) is 14.9 Å². The monoisotopic (exact) mass is 353 g/mol. The van der Waals surface area contributed by atoms with Crippen LogP contribution in [0.2, 0.25) is 0 Å². The van der Waals surface area contributed by atoms with Crippen molar-refractivity contribution in [3.05, 3.63) is 70.9 Å². The van der Waals surface area contributed by atoms with Crippen LogP contribution < -0.4 is 5.32 Å². The lowest BCUT2D eigenvalue weighted by Crippen LogP contribution is -2.26. The number of carbonyl (C=O) groups is 2. The van der Waals surface area contributed by atoms with Crippen molar-refractivity contribution < 1.29 is 9.59 Å². The maximum absolute atomic E-state index is 12.1. The fourth-order valence-corrected chi connectivity index (χ4v) is 3.23. The SMILES string of the molecule is CC(NC(=O)CCC(=O)c1cccs1)c1ccc(-n2ccnc2)cc1. The van der Waals surface area contributed by atoms with Crippen molar-refractivity contribution in [2.24, 2.45) is 0 Å². The highest BCUT2D eigenvalue weighted by Gasteiger charge is 2.13. The molecule has 0 aliphatic carbocycles. The van der Waals surface area contributed by atoms with Crippen molar-refractivity contribution in [1.29, 1.82) is 0 Å². The molecule has 2 aromatic heterocycles. The van der Waals surface area contributed by atoms with Gasteiger partial charge in [-0.1, -0.05) is 18.2 Å². The molecule has 1 amide bonds. The molecule has 1 atom stereocenters. The Balaban J connectivity index is 1.52. The van der Waals surface area contributed by atoms with Gasteiger partial charge in [0, 0.05) is 30.9 Å². The number of nitrogens with one attached hydrogen (secondary N) is 1. The van der Waals surface area contributed by atoms with Crippen LogP contribution in [0.3, 0.4) is 0 Å². The van der Waals surface area contributed by atoms with Crippen LogP contribution in [-0.4, -0.2) is 21.2 Å². The third kappa shape index (κ3) is 4.42. The Bertz CT molecular complexity index is 824. The van der Waals surface area contributed by atoms with Crippen LogP contribution >= 0.6 is 11.3 Å². The van der Waals surface area contributed by atoms with Gasteiger partial charge in [0.05, 0.1) is 17.2 Å². The molecule has 25 heavy (non-hydrogen) atoms. The van der Waals surface area contributed by atoms with Crippen LogP contribution in [0.5, 0.6) is 0 Å². The molecule has 0 aliphatic heterocycles. The second kappa shape index (κ2) is 7.90. The number of imidazole rings is 1. The molecule has 0 aliphatic rings. The fraction of sp³-hybridized carbons (Fsp3) is 0.211. The lowest BCUT2D eigenvalue weighted by atomic mass is 10.1. The fourth-order valence-electron chi connectivity index (χ4n) is 2.53. The zero-order valence-electron chi connectivity index (χ0n) is 13.9. The minimum Gasteiger partial charge on any atom is -0.350 e. The van der Waals surface area contributed by atoms with Crippen LogP contribution in [0.15, 0.2) is 60.5 Å². The zero-order chi connectivity index (χ0) is 17.6. The Morgan fingerprint density at radius 3 is 2.64 bits per heavy atom. The van der Waals surface area contributed by atoms with E-state index >= 15 is 0 Å². The molecular formula is C19H19N3O2S. The predicted octanol–water partition coefficient (Wildman–Crippen LogP) is 3.77. The maximum Gasteiger partial charge on any atom is 0.220 e. The minimum absolute atomic E-state index is 0.0162. The quantitative estimate of drug-likeness (QED) is 0.658. The van der Waals surface area contributed by atoms with Crippen molar-refractivity contribution in [2.45, 2.75) is 25.8 Å². The molecule has 3 rings (SSSR count). The number of aromatic nitrogens is 2. The molecule has 0 radical (unpaired) electrons. The highest BCUT2D eigenvalue weighted by molar-refractivity contribution is 7.12. The third-order valence-corrected chi connectivity index (χ3v) is 4.86. The van der Waals surface area contributed by atoms with Crippen molar-refractivity contribution in [2.75, 3.05) is 0 Å². The predicted molar refractivity (Wildman–Crippen MR) is 98.0 cm³/mol. The van der Waals surface area contributed by atoms with Crippen molar-refractivity contribution >= 4 is 23.0 Å². The van der Waals surface area contributed by atoms with Gasteiger partial charge >= 0.3 is 0 Å². The lowest BCUT2D eigenvalue weighted by molar-refractivity contribution is -0.121. The topological polar surface area (TPSA) is 64.0 Å². The summed E-state index contributed by atoms with van der Waals surface area (Å²) in [5.74, 6) is -0.0985. The molecule has 2 heterocycles. The smallest absolute Gasteiger partial charge is 0.220 e. The van der Waals surface area contributed by atoms with Gasteiger partial charge in [0.1, 0.15) is 0 Å².